The van der Waals surface area contributed by atoms with Gasteiger partial charge in [0.05, 0.1) is 10.6 Å². The zero-order chi connectivity index (χ0) is 13.7. The van der Waals surface area contributed by atoms with E-state index in [9.17, 15) is 4.79 Å². The zero-order valence-electron chi connectivity index (χ0n) is 10.9. The average Bonchev–Trinajstić information content (AvgIpc) is 2.61. The van der Waals surface area contributed by atoms with E-state index in [0.29, 0.717) is 21.1 Å². The molecule has 0 amide bonds. The third kappa shape index (κ3) is 3.45. The Hall–Kier alpha value is -1.58. The fourth-order valence-corrected chi connectivity index (χ4v) is 2.53. The van der Waals surface area contributed by atoms with E-state index >= 15 is 0 Å². The van der Waals surface area contributed by atoms with Crippen LogP contribution in [0.1, 0.15) is 28.6 Å². The van der Waals surface area contributed by atoms with Gasteiger partial charge < -0.3 is 16.0 Å². The number of hydrogen-bond donors (Lipinski definition) is 2. The van der Waals surface area contributed by atoms with E-state index in [1.807, 2.05) is 20.2 Å². The second kappa shape index (κ2) is 6.38. The van der Waals surface area contributed by atoms with Gasteiger partial charge in [-0.3, -0.25) is 4.79 Å². The number of nitrogens with zero attached hydrogens (tertiary/aromatic N) is 2. The molecule has 1 heterocycles. The largest absolute Gasteiger partial charge is 0.396 e. The minimum atomic E-state index is -0.102. The molecule has 5 nitrogen and oxygen atoms in total. The van der Waals surface area contributed by atoms with Gasteiger partial charge in [0.15, 0.2) is 5.78 Å². The van der Waals surface area contributed by atoms with Crippen LogP contribution in [0.5, 0.6) is 0 Å². The molecule has 3 N–H and O–H groups in total. The molecule has 0 bridgehead atoms. The smallest absolute Gasteiger partial charge is 0.171 e. The van der Waals surface area contributed by atoms with Gasteiger partial charge in [0.25, 0.3) is 0 Å². The highest BCUT2D eigenvalue weighted by Crippen LogP contribution is 2.35. The van der Waals surface area contributed by atoms with Gasteiger partial charge in [-0.1, -0.05) is 0 Å². The Morgan fingerprint density at radius 3 is 2.72 bits per heavy atom. The molecule has 0 spiro atoms. The zero-order valence-corrected chi connectivity index (χ0v) is 11.7. The number of nitrogens with two attached hydrogens (primary N) is 1. The van der Waals surface area contributed by atoms with Gasteiger partial charge in [-0.25, -0.2) is 0 Å². The third-order valence-corrected chi connectivity index (χ3v) is 3.71. The molecule has 0 aromatic carbocycles. The Morgan fingerprint density at radius 2 is 2.22 bits per heavy atom. The molecule has 0 fully saturated rings. The monoisotopic (exact) mass is 266 g/mol. The number of thiophene rings is 1. The number of nitrogen functional groups attached to an aromatic ring is 1. The third-order valence-electron chi connectivity index (χ3n) is 2.44. The van der Waals surface area contributed by atoms with Gasteiger partial charge in [0.1, 0.15) is 16.6 Å². The standard InChI is InChI=1S/C12H18N4OS/c1-8(17)11-10(14)9(7-13)12(18-11)15-5-4-6-16(2)3/h15H,4-6,14H2,1-3H3. The van der Waals surface area contributed by atoms with Crippen LogP contribution in [0.3, 0.4) is 0 Å². The minimum absolute atomic E-state index is 0.102. The summed E-state index contributed by atoms with van der Waals surface area (Å²) in [6.45, 7) is 3.18. The van der Waals surface area contributed by atoms with E-state index in [1.165, 1.54) is 18.3 Å². The fourth-order valence-electron chi connectivity index (χ4n) is 1.54. The predicted molar refractivity (Wildman–Crippen MR) is 75.1 cm³/mol. The number of carbonyl (C=O) groups excluding carboxylic acids is 1. The predicted octanol–water partition coefficient (Wildman–Crippen LogP) is 1.77. The lowest BCUT2D eigenvalue weighted by molar-refractivity contribution is 0.102. The second-order valence-electron chi connectivity index (χ2n) is 4.30. The molecule has 1 aromatic rings. The summed E-state index contributed by atoms with van der Waals surface area (Å²) in [4.78, 5) is 13.9. The molecule has 18 heavy (non-hydrogen) atoms. The summed E-state index contributed by atoms with van der Waals surface area (Å²) in [5.74, 6) is -0.102. The van der Waals surface area contributed by atoms with Crippen LogP contribution in [-0.2, 0) is 0 Å². The molecule has 98 valence electrons. The summed E-state index contributed by atoms with van der Waals surface area (Å²) in [6, 6.07) is 2.05. The molecule has 0 aliphatic heterocycles. The molecule has 0 saturated heterocycles. The summed E-state index contributed by atoms with van der Waals surface area (Å²) in [5.41, 5.74) is 6.47. The molecule has 6 heteroatoms. The van der Waals surface area contributed by atoms with Gasteiger partial charge in [0, 0.05) is 13.5 Å². The SMILES string of the molecule is CC(=O)c1sc(NCCCN(C)C)c(C#N)c1N. The Morgan fingerprint density at radius 1 is 1.56 bits per heavy atom. The Kier molecular flexibility index (Phi) is 5.13. The quantitative estimate of drug-likeness (QED) is 0.605. The van der Waals surface area contributed by atoms with E-state index in [4.69, 9.17) is 11.0 Å². The normalized spacial score (nSPS) is 10.4. The van der Waals surface area contributed by atoms with Crippen molar-refractivity contribution in [3.05, 3.63) is 10.4 Å². The molecule has 0 saturated carbocycles. The van der Waals surface area contributed by atoms with Crippen molar-refractivity contribution in [3.8, 4) is 6.07 Å². The first-order chi connectivity index (χ1) is 8.47. The Labute approximate surface area is 111 Å². The number of nitriles is 1. The van der Waals surface area contributed by atoms with Crippen LogP contribution in [0.2, 0.25) is 0 Å². The van der Waals surface area contributed by atoms with Crippen molar-refractivity contribution in [2.45, 2.75) is 13.3 Å². The van der Waals surface area contributed by atoms with Gasteiger partial charge in [-0.05, 0) is 27.1 Å². The lowest BCUT2D eigenvalue weighted by atomic mass is 10.2. The van der Waals surface area contributed by atoms with Crippen LogP contribution >= 0.6 is 11.3 Å². The molecule has 0 aliphatic carbocycles. The van der Waals surface area contributed by atoms with Gasteiger partial charge in [-0.2, -0.15) is 5.26 Å². The number of rotatable bonds is 6. The molecule has 1 rings (SSSR count). The second-order valence-corrected chi connectivity index (χ2v) is 5.32. The number of hydrogen-bond acceptors (Lipinski definition) is 6. The molecular formula is C12H18N4OS. The summed E-state index contributed by atoms with van der Waals surface area (Å²) in [7, 11) is 4.02. The van der Waals surface area contributed by atoms with Crippen LogP contribution in [0.4, 0.5) is 10.7 Å². The Balaban J connectivity index is 2.74. The minimum Gasteiger partial charge on any atom is -0.396 e. The fraction of sp³-hybridized carbons (Fsp3) is 0.500. The molecule has 0 radical (unpaired) electrons. The van der Waals surface area contributed by atoms with Crippen LogP contribution < -0.4 is 11.1 Å². The maximum absolute atomic E-state index is 11.4. The van der Waals surface area contributed by atoms with Crippen LogP contribution in [0.25, 0.3) is 0 Å². The van der Waals surface area contributed by atoms with E-state index in [0.717, 1.165) is 19.5 Å². The van der Waals surface area contributed by atoms with Crippen molar-refractivity contribution in [1.29, 1.82) is 5.26 Å². The number of anilines is 2. The summed E-state index contributed by atoms with van der Waals surface area (Å²) >= 11 is 1.26. The van der Waals surface area contributed by atoms with Gasteiger partial charge in [0.2, 0.25) is 0 Å². The first-order valence-electron chi connectivity index (χ1n) is 5.69. The number of Topliss-reactive ketones (excluding diaryl/α,β-unsaturated/α-hetero) is 1. The van der Waals surface area contributed by atoms with Crippen molar-refractivity contribution in [2.24, 2.45) is 0 Å². The first-order valence-corrected chi connectivity index (χ1v) is 6.51. The van der Waals surface area contributed by atoms with Crippen LogP contribution in [-0.4, -0.2) is 37.9 Å². The number of ketones is 1. The Bertz CT molecular complexity index is 473. The van der Waals surface area contributed by atoms with E-state index in [2.05, 4.69) is 10.2 Å². The van der Waals surface area contributed by atoms with E-state index in [1.54, 1.807) is 0 Å². The van der Waals surface area contributed by atoms with Crippen LogP contribution in [0, 0.1) is 11.3 Å². The number of carbonyl (C=O) groups is 1. The highest BCUT2D eigenvalue weighted by Gasteiger charge is 2.18. The van der Waals surface area contributed by atoms with Gasteiger partial charge >= 0.3 is 0 Å². The van der Waals surface area contributed by atoms with E-state index < -0.39 is 0 Å². The molecule has 0 aliphatic rings. The number of nitrogens with one attached hydrogen (secondary N) is 1. The van der Waals surface area contributed by atoms with Crippen molar-refractivity contribution in [2.75, 3.05) is 38.2 Å². The summed E-state index contributed by atoms with van der Waals surface area (Å²) < 4.78 is 0. The van der Waals surface area contributed by atoms with Crippen molar-refractivity contribution in [3.63, 3.8) is 0 Å². The lowest BCUT2D eigenvalue weighted by Crippen LogP contribution is -2.16. The molecule has 1 aromatic heterocycles. The van der Waals surface area contributed by atoms with Crippen molar-refractivity contribution in [1.82, 2.24) is 4.90 Å². The first kappa shape index (κ1) is 14.5. The maximum Gasteiger partial charge on any atom is 0.171 e. The summed E-state index contributed by atoms with van der Waals surface area (Å²) in [6.07, 6.45) is 0.963. The van der Waals surface area contributed by atoms with E-state index in [-0.39, 0.29) is 5.78 Å². The molecular weight excluding hydrogens is 248 g/mol. The van der Waals surface area contributed by atoms with Crippen molar-refractivity contribution >= 4 is 27.8 Å². The highest BCUT2D eigenvalue weighted by atomic mass is 32.1. The van der Waals surface area contributed by atoms with Crippen LogP contribution in [0.15, 0.2) is 0 Å². The summed E-state index contributed by atoms with van der Waals surface area (Å²) in [5, 5.41) is 12.9. The molecule has 0 atom stereocenters. The highest BCUT2D eigenvalue weighted by molar-refractivity contribution is 7.18. The van der Waals surface area contributed by atoms with Crippen molar-refractivity contribution < 1.29 is 4.79 Å². The van der Waals surface area contributed by atoms with Gasteiger partial charge in [-0.15, -0.1) is 11.3 Å². The lowest BCUT2D eigenvalue weighted by Gasteiger charge is -2.09. The maximum atomic E-state index is 11.4. The average molecular weight is 266 g/mol. The topological polar surface area (TPSA) is 82.2 Å². The molecule has 0 unspecified atom stereocenters.